The summed E-state index contributed by atoms with van der Waals surface area (Å²) in [5, 5.41) is 0. The summed E-state index contributed by atoms with van der Waals surface area (Å²) in [7, 11) is 0. The number of rotatable bonds is 7. The highest BCUT2D eigenvalue weighted by atomic mass is 16.2. The Bertz CT molecular complexity index is 973. The van der Waals surface area contributed by atoms with Gasteiger partial charge in [0.15, 0.2) is 0 Å². The normalized spacial score (nSPS) is 18.1. The molecule has 4 rings (SSSR count). The average Bonchev–Trinajstić information content (AvgIpc) is 3.40. The van der Waals surface area contributed by atoms with E-state index in [2.05, 4.69) is 97.1 Å². The first-order valence-electron chi connectivity index (χ1n) is 10.6. The molecule has 0 aliphatic heterocycles. The number of aromatic nitrogens is 1. The molecule has 2 atom stereocenters. The van der Waals surface area contributed by atoms with Crippen LogP contribution >= 0.6 is 0 Å². The van der Waals surface area contributed by atoms with Crippen LogP contribution in [0.1, 0.15) is 48.6 Å². The number of hydrogen-bond donors (Lipinski definition) is 0. The Morgan fingerprint density at radius 2 is 1.86 bits per heavy atom. The van der Waals surface area contributed by atoms with Crippen LogP contribution < -0.4 is 0 Å². The van der Waals surface area contributed by atoms with E-state index >= 15 is 0 Å². The van der Waals surface area contributed by atoms with E-state index in [0.29, 0.717) is 12.5 Å². The molecule has 29 heavy (non-hydrogen) atoms. The van der Waals surface area contributed by atoms with Gasteiger partial charge >= 0.3 is 0 Å². The second-order valence-electron chi connectivity index (χ2n) is 8.54. The summed E-state index contributed by atoms with van der Waals surface area (Å²) < 4.78 is 2.26. The van der Waals surface area contributed by atoms with Gasteiger partial charge in [-0.3, -0.25) is 4.79 Å². The summed E-state index contributed by atoms with van der Waals surface area (Å²) in [5.41, 5.74) is 5.04. The molecular formula is C26H30N2O. The van der Waals surface area contributed by atoms with Crippen LogP contribution in [-0.4, -0.2) is 21.4 Å². The van der Waals surface area contributed by atoms with Crippen molar-refractivity contribution in [2.24, 2.45) is 5.92 Å². The Labute approximate surface area is 174 Å². The number of carbonyl (C=O) groups is 1. The number of hydrogen-bond acceptors (Lipinski definition) is 1. The topological polar surface area (TPSA) is 25.2 Å². The van der Waals surface area contributed by atoms with E-state index in [1.807, 2.05) is 6.07 Å². The maximum atomic E-state index is 13.3. The van der Waals surface area contributed by atoms with Crippen LogP contribution in [0.3, 0.4) is 0 Å². The summed E-state index contributed by atoms with van der Waals surface area (Å²) in [6.07, 6.45) is 3.08. The van der Waals surface area contributed by atoms with Crippen molar-refractivity contribution in [1.29, 1.82) is 0 Å². The Morgan fingerprint density at radius 1 is 1.07 bits per heavy atom. The van der Waals surface area contributed by atoms with Gasteiger partial charge in [0, 0.05) is 30.4 Å². The molecule has 0 saturated heterocycles. The van der Waals surface area contributed by atoms with E-state index in [9.17, 15) is 4.79 Å². The fraction of sp³-hybridized carbons (Fsp3) is 0.346. The molecule has 1 aromatic heterocycles. The molecule has 1 aliphatic rings. The second kappa shape index (κ2) is 8.28. The summed E-state index contributed by atoms with van der Waals surface area (Å²) in [6.45, 7) is 7.85. The third-order valence-corrected chi connectivity index (χ3v) is 5.93. The minimum atomic E-state index is 0.125. The van der Waals surface area contributed by atoms with Gasteiger partial charge in [0.2, 0.25) is 5.91 Å². The van der Waals surface area contributed by atoms with Crippen LogP contribution in [0.15, 0.2) is 72.9 Å². The lowest BCUT2D eigenvalue weighted by Gasteiger charge is -2.28. The monoisotopic (exact) mass is 386 g/mol. The molecule has 3 nitrogen and oxygen atoms in total. The quantitative estimate of drug-likeness (QED) is 0.535. The largest absolute Gasteiger partial charge is 0.345 e. The van der Waals surface area contributed by atoms with Crippen molar-refractivity contribution < 1.29 is 4.79 Å². The van der Waals surface area contributed by atoms with Gasteiger partial charge in [0.25, 0.3) is 0 Å². The zero-order valence-corrected chi connectivity index (χ0v) is 17.6. The average molecular weight is 387 g/mol. The zero-order valence-electron chi connectivity index (χ0n) is 17.6. The molecule has 150 valence electrons. The van der Waals surface area contributed by atoms with Crippen LogP contribution in [0.4, 0.5) is 0 Å². The van der Waals surface area contributed by atoms with Crippen LogP contribution in [-0.2, 0) is 17.9 Å². The lowest BCUT2D eigenvalue weighted by atomic mass is 10.1. The lowest BCUT2D eigenvalue weighted by molar-refractivity contribution is -0.135. The van der Waals surface area contributed by atoms with Crippen LogP contribution in [0.5, 0.6) is 0 Å². The molecule has 2 aromatic carbocycles. The van der Waals surface area contributed by atoms with Gasteiger partial charge in [-0.1, -0.05) is 60.2 Å². The summed E-state index contributed by atoms with van der Waals surface area (Å²) >= 11 is 0. The first-order valence-corrected chi connectivity index (χ1v) is 10.6. The molecule has 0 spiro atoms. The first kappa shape index (κ1) is 19.5. The Balaban J connectivity index is 1.47. The van der Waals surface area contributed by atoms with Crippen LogP contribution in [0.25, 0.3) is 0 Å². The Kier molecular flexibility index (Phi) is 5.57. The second-order valence-corrected chi connectivity index (χ2v) is 8.54. The molecule has 1 amide bonds. The first-order chi connectivity index (χ1) is 14.0. The van der Waals surface area contributed by atoms with E-state index in [4.69, 9.17) is 0 Å². The standard InChI is InChI=1S/C26H30N2O/c1-19(2)28(26(29)25-16-24(25)22-11-5-4-6-12-22)18-23-13-8-14-27(23)17-21-10-7-9-20(3)15-21/h4-15,19,24-25H,16-18H2,1-3H3. The molecule has 1 heterocycles. The molecule has 1 fully saturated rings. The molecule has 3 heteroatoms. The van der Waals surface area contributed by atoms with E-state index in [1.165, 1.54) is 22.4 Å². The van der Waals surface area contributed by atoms with Crippen molar-refractivity contribution in [2.45, 2.75) is 52.2 Å². The SMILES string of the molecule is Cc1cccc(Cn2cccc2CN(C(=O)C2CC2c2ccccc2)C(C)C)c1. The molecule has 0 radical (unpaired) electrons. The summed E-state index contributed by atoms with van der Waals surface area (Å²) in [4.78, 5) is 15.3. The Morgan fingerprint density at radius 3 is 2.59 bits per heavy atom. The van der Waals surface area contributed by atoms with Gasteiger partial charge in [-0.25, -0.2) is 0 Å². The number of amides is 1. The van der Waals surface area contributed by atoms with Crippen molar-refractivity contribution in [1.82, 2.24) is 9.47 Å². The summed E-state index contributed by atoms with van der Waals surface area (Å²) in [5.74, 6) is 0.793. The molecule has 0 bridgehead atoms. The molecule has 1 aliphatic carbocycles. The van der Waals surface area contributed by atoms with Gasteiger partial charge < -0.3 is 9.47 Å². The lowest BCUT2D eigenvalue weighted by Crippen LogP contribution is -2.38. The van der Waals surface area contributed by atoms with Gasteiger partial charge in [0.1, 0.15) is 0 Å². The van der Waals surface area contributed by atoms with Gasteiger partial charge in [-0.05, 0) is 56.4 Å². The minimum Gasteiger partial charge on any atom is -0.345 e. The highest BCUT2D eigenvalue weighted by molar-refractivity contribution is 5.83. The van der Waals surface area contributed by atoms with Crippen molar-refractivity contribution >= 4 is 5.91 Å². The van der Waals surface area contributed by atoms with Gasteiger partial charge in [-0.15, -0.1) is 0 Å². The smallest absolute Gasteiger partial charge is 0.226 e. The predicted octanol–water partition coefficient (Wildman–Crippen LogP) is 5.39. The molecular weight excluding hydrogens is 356 g/mol. The van der Waals surface area contributed by atoms with Gasteiger partial charge in [0.05, 0.1) is 6.54 Å². The van der Waals surface area contributed by atoms with Crippen LogP contribution in [0.2, 0.25) is 0 Å². The van der Waals surface area contributed by atoms with Crippen molar-refractivity contribution in [3.8, 4) is 0 Å². The van der Waals surface area contributed by atoms with Crippen molar-refractivity contribution in [2.75, 3.05) is 0 Å². The van der Waals surface area contributed by atoms with Crippen LogP contribution in [0, 0.1) is 12.8 Å². The maximum absolute atomic E-state index is 13.3. The van der Waals surface area contributed by atoms with E-state index in [-0.39, 0.29) is 17.9 Å². The van der Waals surface area contributed by atoms with Crippen molar-refractivity contribution in [3.63, 3.8) is 0 Å². The van der Waals surface area contributed by atoms with E-state index < -0.39 is 0 Å². The molecule has 3 aromatic rings. The molecule has 0 N–H and O–H groups in total. The van der Waals surface area contributed by atoms with E-state index in [0.717, 1.165) is 13.0 Å². The highest BCUT2D eigenvalue weighted by Crippen LogP contribution is 2.48. The number of aryl methyl sites for hydroxylation is 1. The third-order valence-electron chi connectivity index (χ3n) is 5.93. The van der Waals surface area contributed by atoms with Gasteiger partial charge in [-0.2, -0.15) is 0 Å². The van der Waals surface area contributed by atoms with Crippen molar-refractivity contribution in [3.05, 3.63) is 95.3 Å². The zero-order chi connectivity index (χ0) is 20.4. The fourth-order valence-corrected chi connectivity index (χ4v) is 4.19. The number of carbonyl (C=O) groups excluding carboxylic acids is 1. The fourth-order valence-electron chi connectivity index (χ4n) is 4.19. The highest BCUT2D eigenvalue weighted by Gasteiger charge is 2.46. The Hall–Kier alpha value is -2.81. The maximum Gasteiger partial charge on any atom is 0.226 e. The number of nitrogens with zero attached hydrogens (tertiary/aromatic N) is 2. The number of benzene rings is 2. The molecule has 2 unspecified atom stereocenters. The summed E-state index contributed by atoms with van der Waals surface area (Å²) in [6, 6.07) is 23.5. The predicted molar refractivity (Wildman–Crippen MR) is 118 cm³/mol. The molecule has 1 saturated carbocycles. The minimum absolute atomic E-state index is 0.125. The van der Waals surface area contributed by atoms with E-state index in [1.54, 1.807) is 0 Å². The third kappa shape index (κ3) is 4.45.